The van der Waals surface area contributed by atoms with Crippen LogP contribution in [0.15, 0.2) is 54.1 Å². The number of rotatable bonds is 12. The van der Waals surface area contributed by atoms with Gasteiger partial charge in [0.1, 0.15) is 11.9 Å². The van der Waals surface area contributed by atoms with Gasteiger partial charge in [0, 0.05) is 25.0 Å². The summed E-state index contributed by atoms with van der Waals surface area (Å²) in [6, 6.07) is 9.57. The van der Waals surface area contributed by atoms with Gasteiger partial charge >= 0.3 is 5.97 Å². The third-order valence-corrected chi connectivity index (χ3v) is 21.0. The van der Waals surface area contributed by atoms with Crippen LogP contribution in [0.1, 0.15) is 93.9 Å². The molecule has 4 rings (SSSR count). The Kier molecular flexibility index (Phi) is 12.8. The first-order valence-electron chi connectivity index (χ1n) is 18.6. The maximum absolute atomic E-state index is 13.8. The summed E-state index contributed by atoms with van der Waals surface area (Å²) < 4.78 is 32.8. The standard InChI is InChI=1S/C40H66O6Si2/c1-13-35(43-30-17-15-14-16-18-30)38(41)44-36-27-33(46-48(11,12)40(6,7)8)25-29-20-19-28(2)34(37(29)36)22-21-31-26-32(23-24-42-31)45-47(9,10)39(3,4)5/h14-20,25,28,31-37H,13,21-24,26-27H2,1-12H3/t28-,31+,32+,33+,34-,35?,36-,37-/m0/s1. The van der Waals surface area contributed by atoms with Crippen molar-refractivity contribution in [3.8, 4) is 5.75 Å². The molecule has 0 bridgehead atoms. The van der Waals surface area contributed by atoms with Gasteiger partial charge in [-0.15, -0.1) is 0 Å². The summed E-state index contributed by atoms with van der Waals surface area (Å²) in [5.41, 5.74) is 1.24. The van der Waals surface area contributed by atoms with E-state index >= 15 is 0 Å². The molecule has 0 radical (unpaired) electrons. The number of hydrogen-bond donors (Lipinski definition) is 0. The monoisotopic (exact) mass is 698 g/mol. The van der Waals surface area contributed by atoms with Gasteiger partial charge in [-0.2, -0.15) is 0 Å². The number of para-hydroxylation sites is 1. The molecule has 1 fully saturated rings. The van der Waals surface area contributed by atoms with Gasteiger partial charge in [-0.05, 0) is 97.9 Å². The molecule has 1 heterocycles. The molecular weight excluding hydrogens is 633 g/mol. The van der Waals surface area contributed by atoms with Crippen LogP contribution in [0, 0.1) is 17.8 Å². The topological polar surface area (TPSA) is 63.2 Å². The first-order valence-corrected chi connectivity index (χ1v) is 24.4. The fourth-order valence-corrected chi connectivity index (χ4v) is 9.59. The average molecular weight is 699 g/mol. The van der Waals surface area contributed by atoms with Crippen LogP contribution in [-0.4, -0.2) is 59.7 Å². The summed E-state index contributed by atoms with van der Waals surface area (Å²) in [6.07, 6.45) is 11.4. The normalized spacial score (nSPS) is 29.1. The summed E-state index contributed by atoms with van der Waals surface area (Å²) in [5, 5.41) is 0.271. The van der Waals surface area contributed by atoms with Crippen LogP contribution < -0.4 is 4.74 Å². The second kappa shape index (κ2) is 15.7. The Balaban J connectivity index is 1.54. The lowest BCUT2D eigenvalue weighted by molar-refractivity contribution is -0.163. The molecule has 1 unspecified atom stereocenters. The SMILES string of the molecule is CCC(Oc1ccccc1)C(=O)O[C@H]1C[C@H](O[Si](C)(C)C(C)(C)C)C=C2C=C[C@H](C)[C@H](CC[C@@H]3C[C@H](O[Si](C)(C)C(C)(C)C)CCO3)[C@H]21. The molecule has 0 aromatic heterocycles. The van der Waals surface area contributed by atoms with Gasteiger partial charge in [0.05, 0.1) is 12.2 Å². The molecule has 1 saturated heterocycles. The largest absolute Gasteiger partial charge is 0.479 e. The van der Waals surface area contributed by atoms with Gasteiger partial charge in [0.15, 0.2) is 22.7 Å². The Bertz CT molecular complexity index is 1260. The van der Waals surface area contributed by atoms with Gasteiger partial charge in [-0.25, -0.2) is 4.79 Å². The fraction of sp³-hybridized carbons (Fsp3) is 0.725. The Hall–Kier alpha value is -1.72. The third-order valence-electron chi connectivity index (χ3n) is 11.9. The highest BCUT2D eigenvalue weighted by Gasteiger charge is 2.46. The number of fused-ring (bicyclic) bond motifs is 1. The molecule has 1 aliphatic heterocycles. The van der Waals surface area contributed by atoms with E-state index in [1.807, 2.05) is 37.3 Å². The quantitative estimate of drug-likeness (QED) is 0.160. The summed E-state index contributed by atoms with van der Waals surface area (Å²) in [7, 11) is -3.91. The zero-order valence-corrected chi connectivity index (χ0v) is 34.1. The lowest BCUT2D eigenvalue weighted by Gasteiger charge is -2.46. The van der Waals surface area contributed by atoms with E-state index in [9.17, 15) is 4.79 Å². The minimum atomic E-state index is -2.06. The van der Waals surface area contributed by atoms with Crippen LogP contribution in [0.3, 0.4) is 0 Å². The summed E-state index contributed by atoms with van der Waals surface area (Å²) in [4.78, 5) is 13.8. The van der Waals surface area contributed by atoms with E-state index in [0.717, 1.165) is 32.3 Å². The minimum absolute atomic E-state index is 0.0803. The van der Waals surface area contributed by atoms with E-state index in [-0.39, 0.29) is 46.4 Å². The molecule has 0 N–H and O–H groups in total. The van der Waals surface area contributed by atoms with Crippen LogP contribution in [0.25, 0.3) is 0 Å². The van der Waals surface area contributed by atoms with Crippen molar-refractivity contribution in [2.45, 2.75) is 161 Å². The molecule has 2 aliphatic carbocycles. The van der Waals surface area contributed by atoms with Gasteiger partial charge in [0.25, 0.3) is 0 Å². The van der Waals surface area contributed by atoms with Crippen LogP contribution in [0.4, 0.5) is 0 Å². The molecule has 8 heteroatoms. The summed E-state index contributed by atoms with van der Waals surface area (Å²) >= 11 is 0. The predicted octanol–water partition coefficient (Wildman–Crippen LogP) is 10.3. The number of carbonyl (C=O) groups excluding carboxylic acids is 1. The molecule has 8 atom stereocenters. The van der Waals surface area contributed by atoms with Crippen LogP contribution in [0.2, 0.25) is 36.3 Å². The second-order valence-corrected chi connectivity index (χ2v) is 27.1. The summed E-state index contributed by atoms with van der Waals surface area (Å²) in [5.74, 6) is 1.18. The average Bonchev–Trinajstić information content (AvgIpc) is 2.98. The molecule has 1 aromatic rings. The number of esters is 1. The highest BCUT2D eigenvalue weighted by atomic mass is 28.4. The Labute approximate surface area is 294 Å². The molecule has 270 valence electrons. The molecule has 3 aliphatic rings. The zero-order valence-electron chi connectivity index (χ0n) is 32.1. The minimum Gasteiger partial charge on any atom is -0.479 e. The van der Waals surface area contributed by atoms with Crippen molar-refractivity contribution in [2.24, 2.45) is 17.8 Å². The van der Waals surface area contributed by atoms with Crippen molar-refractivity contribution in [1.82, 2.24) is 0 Å². The van der Waals surface area contributed by atoms with Crippen molar-refractivity contribution >= 4 is 22.6 Å². The van der Waals surface area contributed by atoms with E-state index in [1.54, 1.807) is 0 Å². The molecule has 1 aromatic carbocycles. The van der Waals surface area contributed by atoms with E-state index in [1.165, 1.54) is 5.57 Å². The lowest BCUT2D eigenvalue weighted by atomic mass is 9.66. The van der Waals surface area contributed by atoms with Crippen molar-refractivity contribution in [1.29, 1.82) is 0 Å². The van der Waals surface area contributed by atoms with Gasteiger partial charge in [-0.3, -0.25) is 0 Å². The van der Waals surface area contributed by atoms with Gasteiger partial charge < -0.3 is 23.1 Å². The Morgan fingerprint density at radius 3 is 2.21 bits per heavy atom. The van der Waals surface area contributed by atoms with Crippen molar-refractivity contribution in [3.05, 3.63) is 54.1 Å². The van der Waals surface area contributed by atoms with Gasteiger partial charge in [0.2, 0.25) is 0 Å². The number of ether oxygens (including phenoxy) is 3. The van der Waals surface area contributed by atoms with Crippen molar-refractivity contribution in [2.75, 3.05) is 6.61 Å². The zero-order chi connectivity index (χ0) is 35.5. The number of hydrogen-bond acceptors (Lipinski definition) is 6. The third kappa shape index (κ3) is 9.74. The van der Waals surface area contributed by atoms with Crippen LogP contribution in [-0.2, 0) is 23.1 Å². The highest BCUT2D eigenvalue weighted by Crippen LogP contribution is 2.47. The van der Waals surface area contributed by atoms with E-state index < -0.39 is 22.7 Å². The number of benzene rings is 1. The molecular formula is C40H66O6Si2. The molecule has 6 nitrogen and oxygen atoms in total. The number of allylic oxidation sites excluding steroid dienone is 2. The maximum Gasteiger partial charge on any atom is 0.347 e. The number of carbonyl (C=O) groups is 1. The lowest BCUT2D eigenvalue weighted by Crippen LogP contribution is -2.49. The molecule has 0 saturated carbocycles. The first-order chi connectivity index (χ1) is 22.3. The molecule has 48 heavy (non-hydrogen) atoms. The predicted molar refractivity (Wildman–Crippen MR) is 201 cm³/mol. The van der Waals surface area contributed by atoms with Crippen LogP contribution in [0.5, 0.6) is 5.75 Å². The van der Waals surface area contributed by atoms with E-state index in [4.69, 9.17) is 23.1 Å². The van der Waals surface area contributed by atoms with E-state index in [2.05, 4.69) is 92.9 Å². The smallest absolute Gasteiger partial charge is 0.347 e. The highest BCUT2D eigenvalue weighted by molar-refractivity contribution is 6.74. The Morgan fingerprint density at radius 2 is 1.58 bits per heavy atom. The van der Waals surface area contributed by atoms with Crippen molar-refractivity contribution in [3.63, 3.8) is 0 Å². The maximum atomic E-state index is 13.8. The van der Waals surface area contributed by atoms with Crippen molar-refractivity contribution < 1.29 is 27.9 Å². The van der Waals surface area contributed by atoms with E-state index in [0.29, 0.717) is 30.4 Å². The second-order valence-electron chi connectivity index (χ2n) is 17.6. The first kappa shape index (κ1) is 39.1. The summed E-state index contributed by atoms with van der Waals surface area (Å²) in [6.45, 7) is 28.1. The Morgan fingerprint density at radius 1 is 0.938 bits per heavy atom. The van der Waals surface area contributed by atoms with Crippen LogP contribution >= 0.6 is 0 Å². The van der Waals surface area contributed by atoms with Gasteiger partial charge in [-0.1, -0.05) is 91.8 Å². The molecule has 0 spiro atoms. The fourth-order valence-electron chi connectivity index (χ4n) is 6.92. The molecule has 0 amide bonds.